The number of furan rings is 1. The van der Waals surface area contributed by atoms with Crippen molar-refractivity contribution in [3.05, 3.63) is 51.1 Å². The summed E-state index contributed by atoms with van der Waals surface area (Å²) in [4.78, 5) is 26.2. The number of carbonyl (C=O) groups is 2. The molecule has 0 saturated carbocycles. The van der Waals surface area contributed by atoms with Crippen LogP contribution in [0.3, 0.4) is 0 Å². The highest BCUT2D eigenvalue weighted by atomic mass is 32.2. The fourth-order valence-electron chi connectivity index (χ4n) is 4.28. The van der Waals surface area contributed by atoms with Gasteiger partial charge in [0.15, 0.2) is 9.84 Å². The molecule has 0 aliphatic carbocycles. The van der Waals surface area contributed by atoms with Crippen molar-refractivity contribution in [1.82, 2.24) is 0 Å². The van der Waals surface area contributed by atoms with E-state index in [9.17, 15) is 18.0 Å². The highest BCUT2D eigenvalue weighted by molar-refractivity contribution is 7.90. The standard InChI is InChI=1S/C24H27NO6S2/c1-5-30-24(27)22-16-6-7-33(28,29)12-20(16)32-23(22)25-21(26)9-15-11-31-19-8-14(4)17(13(2)3)10-18(15)19/h8,10-11,13H,5-7,9,12H2,1-4H3,(H,25,26). The summed E-state index contributed by atoms with van der Waals surface area (Å²) in [6.07, 6.45) is 1.89. The van der Waals surface area contributed by atoms with E-state index < -0.39 is 15.8 Å². The van der Waals surface area contributed by atoms with Gasteiger partial charge in [-0.2, -0.15) is 0 Å². The number of thiophene rings is 1. The van der Waals surface area contributed by atoms with Crippen LogP contribution in [-0.4, -0.2) is 32.7 Å². The Morgan fingerprint density at radius 1 is 1.27 bits per heavy atom. The number of anilines is 1. The number of esters is 1. The van der Waals surface area contributed by atoms with E-state index in [4.69, 9.17) is 9.15 Å². The Kier molecular flexibility index (Phi) is 6.37. The van der Waals surface area contributed by atoms with Gasteiger partial charge in [0.25, 0.3) is 0 Å². The maximum absolute atomic E-state index is 13.0. The number of amides is 1. The number of hydrogen-bond acceptors (Lipinski definition) is 7. The summed E-state index contributed by atoms with van der Waals surface area (Å²) in [5.41, 5.74) is 4.75. The van der Waals surface area contributed by atoms with Gasteiger partial charge in [-0.15, -0.1) is 11.3 Å². The molecule has 2 aromatic heterocycles. The highest BCUT2D eigenvalue weighted by Crippen LogP contribution is 2.38. The van der Waals surface area contributed by atoms with Crippen LogP contribution in [0.1, 0.15) is 64.2 Å². The second kappa shape index (κ2) is 8.95. The molecule has 0 unspecified atom stereocenters. The van der Waals surface area contributed by atoms with Gasteiger partial charge >= 0.3 is 5.97 Å². The van der Waals surface area contributed by atoms with E-state index in [1.54, 1.807) is 13.2 Å². The van der Waals surface area contributed by atoms with Gasteiger partial charge in [-0.3, -0.25) is 4.79 Å². The predicted octanol–water partition coefficient (Wildman–Crippen LogP) is 4.75. The molecule has 0 saturated heterocycles. The smallest absolute Gasteiger partial charge is 0.341 e. The van der Waals surface area contributed by atoms with Gasteiger partial charge in [-0.25, -0.2) is 13.2 Å². The Balaban J connectivity index is 1.63. The van der Waals surface area contributed by atoms with E-state index in [1.165, 1.54) is 5.56 Å². The van der Waals surface area contributed by atoms with Crippen LogP contribution < -0.4 is 5.32 Å². The molecule has 4 rings (SSSR count). The van der Waals surface area contributed by atoms with Gasteiger partial charge in [0.1, 0.15) is 10.6 Å². The predicted molar refractivity (Wildman–Crippen MR) is 129 cm³/mol. The minimum Gasteiger partial charge on any atom is -0.464 e. The molecule has 1 aliphatic heterocycles. The summed E-state index contributed by atoms with van der Waals surface area (Å²) >= 11 is 1.14. The fourth-order valence-corrected chi connectivity index (χ4v) is 7.33. The van der Waals surface area contributed by atoms with Crippen molar-refractivity contribution < 1.29 is 27.2 Å². The van der Waals surface area contributed by atoms with Crippen molar-refractivity contribution in [2.75, 3.05) is 17.7 Å². The molecule has 9 heteroatoms. The molecule has 0 atom stereocenters. The molecule has 176 valence electrons. The number of benzene rings is 1. The zero-order valence-corrected chi connectivity index (χ0v) is 20.7. The second-order valence-electron chi connectivity index (χ2n) is 8.62. The first-order valence-corrected chi connectivity index (χ1v) is 13.6. The Morgan fingerprint density at radius 3 is 2.73 bits per heavy atom. The Hall–Kier alpha value is -2.65. The number of nitrogens with one attached hydrogen (secondary N) is 1. The van der Waals surface area contributed by atoms with E-state index in [2.05, 4.69) is 25.2 Å². The molecule has 0 bridgehead atoms. The Bertz CT molecular complexity index is 1350. The van der Waals surface area contributed by atoms with E-state index >= 15 is 0 Å². The molecule has 0 fully saturated rings. The Labute approximate surface area is 197 Å². The minimum atomic E-state index is -3.21. The third-order valence-corrected chi connectivity index (χ3v) is 8.74. The molecular formula is C24H27NO6S2. The largest absolute Gasteiger partial charge is 0.464 e. The van der Waals surface area contributed by atoms with Crippen LogP contribution in [0, 0.1) is 6.92 Å². The molecule has 0 spiro atoms. The SMILES string of the molecule is CCOC(=O)c1c(NC(=O)Cc2coc3cc(C)c(C(C)C)cc23)sc2c1CCS(=O)(=O)C2. The topological polar surface area (TPSA) is 103 Å². The fraction of sp³-hybridized carbons (Fsp3) is 0.417. The van der Waals surface area contributed by atoms with Gasteiger partial charge in [-0.1, -0.05) is 13.8 Å². The lowest BCUT2D eigenvalue weighted by molar-refractivity contribution is -0.115. The molecule has 7 nitrogen and oxygen atoms in total. The number of rotatable bonds is 6. The van der Waals surface area contributed by atoms with Gasteiger partial charge in [0, 0.05) is 15.8 Å². The number of carbonyl (C=O) groups excluding carboxylic acids is 2. The first-order valence-electron chi connectivity index (χ1n) is 10.9. The average molecular weight is 490 g/mol. The number of fused-ring (bicyclic) bond motifs is 2. The van der Waals surface area contributed by atoms with Crippen molar-refractivity contribution in [2.45, 2.75) is 52.2 Å². The summed E-state index contributed by atoms with van der Waals surface area (Å²) < 4.78 is 35.0. The molecule has 1 N–H and O–H groups in total. The van der Waals surface area contributed by atoms with Crippen LogP contribution in [-0.2, 0) is 38.0 Å². The van der Waals surface area contributed by atoms with Crippen molar-refractivity contribution in [1.29, 1.82) is 0 Å². The average Bonchev–Trinajstić information content (AvgIpc) is 3.26. The maximum Gasteiger partial charge on any atom is 0.341 e. The first kappa shape index (κ1) is 23.5. The van der Waals surface area contributed by atoms with E-state index in [0.717, 1.165) is 33.4 Å². The number of ether oxygens (including phenoxy) is 1. The van der Waals surface area contributed by atoms with Crippen LogP contribution in [0.15, 0.2) is 22.8 Å². The Morgan fingerprint density at radius 2 is 2.03 bits per heavy atom. The zero-order valence-electron chi connectivity index (χ0n) is 19.1. The molecule has 1 aliphatic rings. The van der Waals surface area contributed by atoms with Crippen molar-refractivity contribution in [2.24, 2.45) is 0 Å². The summed E-state index contributed by atoms with van der Waals surface area (Å²) in [6, 6.07) is 4.05. The van der Waals surface area contributed by atoms with Gasteiger partial charge in [0.05, 0.1) is 36.4 Å². The van der Waals surface area contributed by atoms with Crippen molar-refractivity contribution in [3.63, 3.8) is 0 Å². The van der Waals surface area contributed by atoms with Crippen LogP contribution in [0.2, 0.25) is 0 Å². The monoisotopic (exact) mass is 489 g/mol. The molecule has 1 amide bonds. The molecule has 3 heterocycles. The molecule has 1 aromatic carbocycles. The number of sulfone groups is 1. The van der Waals surface area contributed by atoms with E-state index in [1.807, 2.05) is 13.0 Å². The zero-order chi connectivity index (χ0) is 23.9. The maximum atomic E-state index is 13.0. The third kappa shape index (κ3) is 4.70. The molecule has 0 radical (unpaired) electrons. The van der Waals surface area contributed by atoms with Crippen molar-refractivity contribution in [3.8, 4) is 0 Å². The van der Waals surface area contributed by atoms with Crippen LogP contribution in [0.4, 0.5) is 5.00 Å². The second-order valence-corrected chi connectivity index (χ2v) is 11.9. The van der Waals surface area contributed by atoms with Gasteiger partial charge < -0.3 is 14.5 Å². The molecule has 3 aromatic rings. The summed E-state index contributed by atoms with van der Waals surface area (Å²) in [5.74, 6) is -0.660. The quantitative estimate of drug-likeness (QED) is 0.501. The minimum absolute atomic E-state index is 0.0187. The lowest BCUT2D eigenvalue weighted by Crippen LogP contribution is -2.20. The van der Waals surface area contributed by atoms with Crippen LogP contribution in [0.25, 0.3) is 11.0 Å². The number of hydrogen-bond donors (Lipinski definition) is 1. The van der Waals surface area contributed by atoms with Gasteiger partial charge in [0.2, 0.25) is 5.91 Å². The normalized spacial score (nSPS) is 14.9. The van der Waals surface area contributed by atoms with Crippen LogP contribution in [0.5, 0.6) is 0 Å². The van der Waals surface area contributed by atoms with Gasteiger partial charge in [-0.05, 0) is 55.0 Å². The highest BCUT2D eigenvalue weighted by Gasteiger charge is 2.32. The lowest BCUT2D eigenvalue weighted by Gasteiger charge is -2.13. The number of aryl methyl sites for hydroxylation is 1. The first-order chi connectivity index (χ1) is 15.6. The summed E-state index contributed by atoms with van der Waals surface area (Å²) in [6.45, 7) is 8.18. The third-order valence-electron chi connectivity index (χ3n) is 5.85. The van der Waals surface area contributed by atoms with E-state index in [0.29, 0.717) is 21.4 Å². The van der Waals surface area contributed by atoms with E-state index in [-0.39, 0.29) is 42.4 Å². The molecular weight excluding hydrogens is 462 g/mol. The lowest BCUT2D eigenvalue weighted by atomic mass is 9.95. The van der Waals surface area contributed by atoms with Crippen LogP contribution >= 0.6 is 11.3 Å². The molecule has 33 heavy (non-hydrogen) atoms. The van der Waals surface area contributed by atoms with Crippen molar-refractivity contribution >= 4 is 49.0 Å². The summed E-state index contributed by atoms with van der Waals surface area (Å²) in [7, 11) is -3.21. The summed E-state index contributed by atoms with van der Waals surface area (Å²) in [5, 5.41) is 4.06.